The Hall–Kier alpha value is -2.33. The molecule has 2 aromatic rings. The zero-order valence-corrected chi connectivity index (χ0v) is 17.4. The van der Waals surface area contributed by atoms with E-state index in [2.05, 4.69) is 57.6 Å². The number of benzene rings is 2. The third-order valence-corrected chi connectivity index (χ3v) is 6.39. The van der Waals surface area contributed by atoms with Crippen molar-refractivity contribution in [2.24, 2.45) is 5.92 Å². The van der Waals surface area contributed by atoms with Crippen molar-refractivity contribution in [3.05, 3.63) is 60.2 Å². The van der Waals surface area contributed by atoms with Crippen molar-refractivity contribution in [1.29, 1.82) is 0 Å². The number of anilines is 2. The van der Waals surface area contributed by atoms with E-state index < -0.39 is 0 Å². The fourth-order valence-electron chi connectivity index (χ4n) is 4.61. The second kappa shape index (κ2) is 9.93. The van der Waals surface area contributed by atoms with E-state index in [4.69, 9.17) is 0 Å². The molecule has 0 bridgehead atoms. The van der Waals surface area contributed by atoms with Crippen molar-refractivity contribution >= 4 is 17.3 Å². The number of hydrogen-bond acceptors (Lipinski definition) is 3. The van der Waals surface area contributed by atoms with Gasteiger partial charge < -0.3 is 10.2 Å². The van der Waals surface area contributed by atoms with Crippen LogP contribution in [0.1, 0.15) is 44.1 Å². The van der Waals surface area contributed by atoms with Gasteiger partial charge in [-0.05, 0) is 42.2 Å². The topological polar surface area (TPSA) is 35.6 Å². The van der Waals surface area contributed by atoms with Crippen LogP contribution in [0, 0.1) is 5.92 Å². The first-order valence-electron chi connectivity index (χ1n) is 11.2. The van der Waals surface area contributed by atoms with Crippen LogP contribution in [0.4, 0.5) is 11.4 Å². The van der Waals surface area contributed by atoms with Crippen molar-refractivity contribution in [2.45, 2.75) is 45.1 Å². The summed E-state index contributed by atoms with van der Waals surface area (Å²) in [5, 5.41) is 3.06. The fourth-order valence-corrected chi connectivity index (χ4v) is 4.61. The maximum atomic E-state index is 12.2. The van der Waals surface area contributed by atoms with Crippen LogP contribution in [0.15, 0.2) is 54.6 Å². The number of rotatable bonds is 7. The molecule has 4 rings (SSSR count). The van der Waals surface area contributed by atoms with Crippen molar-refractivity contribution in [1.82, 2.24) is 4.90 Å². The number of piperazine rings is 1. The van der Waals surface area contributed by atoms with Crippen LogP contribution in [-0.4, -0.2) is 37.0 Å². The SMILES string of the molecule is O=C(CCC1CCCC1)Nc1ccc(CN2CCN(c3ccccc3)CC2)cc1. The number of carbonyl (C=O) groups excluding carboxylic acids is 1. The van der Waals surface area contributed by atoms with E-state index in [-0.39, 0.29) is 5.91 Å². The summed E-state index contributed by atoms with van der Waals surface area (Å²) < 4.78 is 0. The molecule has 1 aliphatic carbocycles. The minimum absolute atomic E-state index is 0.154. The molecule has 1 saturated heterocycles. The molecule has 1 amide bonds. The Bertz CT molecular complexity index is 760. The highest BCUT2D eigenvalue weighted by molar-refractivity contribution is 5.90. The van der Waals surface area contributed by atoms with Crippen molar-refractivity contribution in [3.63, 3.8) is 0 Å². The molecule has 0 atom stereocenters. The maximum absolute atomic E-state index is 12.2. The quantitative estimate of drug-likeness (QED) is 0.728. The van der Waals surface area contributed by atoms with Gasteiger partial charge >= 0.3 is 0 Å². The number of nitrogens with zero attached hydrogens (tertiary/aromatic N) is 2. The number of para-hydroxylation sites is 1. The first-order chi connectivity index (χ1) is 14.3. The summed E-state index contributed by atoms with van der Waals surface area (Å²) >= 11 is 0. The molecule has 1 heterocycles. The van der Waals surface area contributed by atoms with Crippen LogP contribution in [0.25, 0.3) is 0 Å². The van der Waals surface area contributed by atoms with Gasteiger partial charge in [-0.2, -0.15) is 0 Å². The highest BCUT2D eigenvalue weighted by Gasteiger charge is 2.18. The molecule has 29 heavy (non-hydrogen) atoms. The minimum Gasteiger partial charge on any atom is -0.369 e. The number of amides is 1. The lowest BCUT2D eigenvalue weighted by atomic mass is 10.0. The Kier molecular flexibility index (Phi) is 6.83. The molecule has 154 valence electrons. The van der Waals surface area contributed by atoms with Gasteiger partial charge in [-0.3, -0.25) is 9.69 Å². The zero-order valence-electron chi connectivity index (χ0n) is 17.4. The summed E-state index contributed by atoms with van der Waals surface area (Å²) in [6.07, 6.45) is 6.99. The largest absolute Gasteiger partial charge is 0.369 e. The highest BCUT2D eigenvalue weighted by Crippen LogP contribution is 2.28. The molecule has 0 radical (unpaired) electrons. The standard InChI is InChI=1S/C25H33N3O/c29-25(15-12-21-6-4-5-7-21)26-23-13-10-22(11-14-23)20-27-16-18-28(19-17-27)24-8-2-1-3-9-24/h1-3,8-11,13-14,21H,4-7,12,15-20H2,(H,26,29). The molecule has 0 aromatic heterocycles. The summed E-state index contributed by atoms with van der Waals surface area (Å²) in [6.45, 7) is 5.26. The first kappa shape index (κ1) is 20.0. The van der Waals surface area contributed by atoms with Crippen LogP contribution >= 0.6 is 0 Å². The van der Waals surface area contributed by atoms with Crippen LogP contribution < -0.4 is 10.2 Å². The lowest BCUT2D eigenvalue weighted by molar-refractivity contribution is -0.116. The van der Waals surface area contributed by atoms with Gasteiger partial charge in [0.05, 0.1) is 0 Å². The average molecular weight is 392 g/mol. The van der Waals surface area contributed by atoms with Gasteiger partial charge in [-0.15, -0.1) is 0 Å². The summed E-state index contributed by atoms with van der Waals surface area (Å²) in [7, 11) is 0. The van der Waals surface area contributed by atoms with Crippen molar-refractivity contribution in [3.8, 4) is 0 Å². The predicted molar refractivity (Wildman–Crippen MR) is 120 cm³/mol. The molecule has 1 N–H and O–H groups in total. The Morgan fingerprint density at radius 1 is 0.897 bits per heavy atom. The minimum atomic E-state index is 0.154. The second-order valence-corrected chi connectivity index (χ2v) is 8.53. The van der Waals surface area contributed by atoms with E-state index >= 15 is 0 Å². The molecule has 4 nitrogen and oxygen atoms in total. The van der Waals surface area contributed by atoms with Gasteiger partial charge in [0.2, 0.25) is 5.91 Å². The van der Waals surface area contributed by atoms with Gasteiger partial charge in [0.15, 0.2) is 0 Å². The molecular weight excluding hydrogens is 358 g/mol. The van der Waals surface area contributed by atoms with Crippen molar-refractivity contribution in [2.75, 3.05) is 36.4 Å². The third kappa shape index (κ3) is 5.83. The molecule has 2 aliphatic rings. The van der Waals surface area contributed by atoms with Crippen molar-refractivity contribution < 1.29 is 4.79 Å². The Morgan fingerprint density at radius 2 is 1.59 bits per heavy atom. The van der Waals surface area contributed by atoms with Gasteiger partial charge in [0.1, 0.15) is 0 Å². The van der Waals surface area contributed by atoms with Gasteiger partial charge in [-0.1, -0.05) is 56.0 Å². The lowest BCUT2D eigenvalue weighted by Gasteiger charge is -2.36. The van der Waals surface area contributed by atoms with Gasteiger partial charge in [0.25, 0.3) is 0 Å². The fraction of sp³-hybridized carbons (Fsp3) is 0.480. The van der Waals surface area contributed by atoms with Crippen LogP contribution in [0.3, 0.4) is 0 Å². The molecular formula is C25H33N3O. The zero-order chi connectivity index (χ0) is 19.9. The molecule has 1 aliphatic heterocycles. The molecule has 0 spiro atoms. The van der Waals surface area contributed by atoms with Crippen LogP contribution in [0.2, 0.25) is 0 Å². The van der Waals surface area contributed by atoms with E-state index in [1.807, 2.05) is 12.1 Å². The monoisotopic (exact) mass is 391 g/mol. The van der Waals surface area contributed by atoms with E-state index in [1.165, 1.54) is 36.9 Å². The number of nitrogens with one attached hydrogen (secondary N) is 1. The summed E-state index contributed by atoms with van der Waals surface area (Å²) in [5.74, 6) is 0.923. The predicted octanol–water partition coefficient (Wildman–Crippen LogP) is 4.92. The Labute approximate surface area is 174 Å². The molecule has 2 fully saturated rings. The van der Waals surface area contributed by atoms with Gasteiger partial charge in [0, 0.05) is 50.5 Å². The highest BCUT2D eigenvalue weighted by atomic mass is 16.1. The van der Waals surface area contributed by atoms with Crippen LogP contribution in [0.5, 0.6) is 0 Å². The second-order valence-electron chi connectivity index (χ2n) is 8.53. The third-order valence-electron chi connectivity index (χ3n) is 6.39. The first-order valence-corrected chi connectivity index (χ1v) is 11.2. The summed E-state index contributed by atoms with van der Waals surface area (Å²) in [4.78, 5) is 17.2. The Morgan fingerprint density at radius 3 is 2.28 bits per heavy atom. The van der Waals surface area contributed by atoms with E-state index in [1.54, 1.807) is 0 Å². The number of hydrogen-bond donors (Lipinski definition) is 1. The summed E-state index contributed by atoms with van der Waals surface area (Å²) in [6, 6.07) is 19.1. The average Bonchev–Trinajstić information content (AvgIpc) is 3.29. The van der Waals surface area contributed by atoms with E-state index in [0.717, 1.165) is 50.7 Å². The normalized spacial score (nSPS) is 18.1. The summed E-state index contributed by atoms with van der Waals surface area (Å²) in [5.41, 5.74) is 3.54. The Balaban J connectivity index is 1.20. The van der Waals surface area contributed by atoms with Gasteiger partial charge in [-0.25, -0.2) is 0 Å². The molecule has 0 unspecified atom stereocenters. The van der Waals surface area contributed by atoms with E-state index in [9.17, 15) is 4.79 Å². The number of carbonyl (C=O) groups is 1. The smallest absolute Gasteiger partial charge is 0.224 e. The lowest BCUT2D eigenvalue weighted by Crippen LogP contribution is -2.45. The van der Waals surface area contributed by atoms with E-state index in [0.29, 0.717) is 6.42 Å². The molecule has 1 saturated carbocycles. The van der Waals surface area contributed by atoms with Crippen LogP contribution in [-0.2, 0) is 11.3 Å². The molecule has 4 heteroatoms. The maximum Gasteiger partial charge on any atom is 0.224 e. The molecule has 2 aromatic carbocycles.